The van der Waals surface area contributed by atoms with Crippen molar-refractivity contribution in [2.45, 2.75) is 25.3 Å². The van der Waals surface area contributed by atoms with Crippen LogP contribution in [0.15, 0.2) is 24.3 Å². The van der Waals surface area contributed by atoms with Gasteiger partial charge in [0.15, 0.2) is 0 Å². The molecule has 17 heavy (non-hydrogen) atoms. The van der Waals surface area contributed by atoms with Crippen molar-refractivity contribution in [3.63, 3.8) is 0 Å². The van der Waals surface area contributed by atoms with Crippen LogP contribution < -0.4 is 10.1 Å². The fraction of sp³-hybridized carbons (Fsp3) is 0.462. The van der Waals surface area contributed by atoms with Crippen molar-refractivity contribution in [2.24, 2.45) is 0 Å². The Bertz CT molecular complexity index is 394. The van der Waals surface area contributed by atoms with E-state index in [1.54, 1.807) is 0 Å². The summed E-state index contributed by atoms with van der Waals surface area (Å²) in [6.45, 7) is 3.28. The number of carbonyl (C=O) groups is 1. The molecule has 1 aromatic rings. The van der Waals surface area contributed by atoms with Gasteiger partial charge in [0.1, 0.15) is 11.3 Å². The van der Waals surface area contributed by atoms with Gasteiger partial charge in [0.2, 0.25) is 0 Å². The smallest absolute Gasteiger partial charge is 0.328 e. The highest BCUT2D eigenvalue weighted by molar-refractivity contribution is 5.81. The van der Waals surface area contributed by atoms with E-state index < -0.39 is 11.5 Å². The summed E-state index contributed by atoms with van der Waals surface area (Å²) in [4.78, 5) is 11.4. The van der Waals surface area contributed by atoms with Gasteiger partial charge in [0.25, 0.3) is 0 Å². The maximum atomic E-state index is 11.4. The van der Waals surface area contributed by atoms with Crippen LogP contribution in [0.3, 0.4) is 0 Å². The van der Waals surface area contributed by atoms with E-state index in [-0.39, 0.29) is 0 Å². The maximum absolute atomic E-state index is 11.4. The number of carboxylic acids is 1. The third-order valence-corrected chi connectivity index (χ3v) is 3.18. The Morgan fingerprint density at radius 3 is 2.65 bits per heavy atom. The molecule has 0 bridgehead atoms. The third-order valence-electron chi connectivity index (χ3n) is 3.18. The number of ether oxygens (including phenoxy) is 1. The van der Waals surface area contributed by atoms with E-state index in [2.05, 4.69) is 5.32 Å². The lowest BCUT2D eigenvalue weighted by atomic mass is 9.88. The summed E-state index contributed by atoms with van der Waals surface area (Å²) in [7, 11) is 0. The summed E-state index contributed by atoms with van der Waals surface area (Å²) in [5, 5.41) is 12.5. The summed E-state index contributed by atoms with van der Waals surface area (Å²) >= 11 is 0. The van der Waals surface area contributed by atoms with Gasteiger partial charge >= 0.3 is 5.97 Å². The summed E-state index contributed by atoms with van der Waals surface area (Å²) in [6, 6.07) is 7.31. The minimum atomic E-state index is -0.912. The zero-order chi connectivity index (χ0) is 12.3. The summed E-state index contributed by atoms with van der Waals surface area (Å²) in [6.07, 6.45) is 1.52. The van der Waals surface area contributed by atoms with E-state index in [0.29, 0.717) is 13.0 Å². The molecular weight excluding hydrogens is 218 g/mol. The zero-order valence-corrected chi connectivity index (χ0v) is 9.90. The highest BCUT2D eigenvalue weighted by atomic mass is 16.5. The number of nitrogens with one attached hydrogen (secondary N) is 1. The molecule has 2 N–H and O–H groups in total. The lowest BCUT2D eigenvalue weighted by Gasteiger charge is -2.25. The Hall–Kier alpha value is -1.55. The topological polar surface area (TPSA) is 58.6 Å². The number of carboxylic acid groups (broad SMARTS) is 1. The molecule has 0 saturated carbocycles. The van der Waals surface area contributed by atoms with Gasteiger partial charge in [0.05, 0.1) is 6.61 Å². The molecule has 0 amide bonds. The molecule has 1 unspecified atom stereocenters. The molecule has 0 aromatic heterocycles. The first-order valence-corrected chi connectivity index (χ1v) is 5.91. The van der Waals surface area contributed by atoms with Crippen LogP contribution in [-0.4, -0.2) is 24.2 Å². The average Bonchev–Trinajstić information content (AvgIpc) is 2.81. The fourth-order valence-electron chi connectivity index (χ4n) is 2.30. The fourth-order valence-corrected chi connectivity index (χ4v) is 2.30. The van der Waals surface area contributed by atoms with Crippen molar-refractivity contribution in [3.8, 4) is 5.75 Å². The monoisotopic (exact) mass is 235 g/mol. The average molecular weight is 235 g/mol. The van der Waals surface area contributed by atoms with Gasteiger partial charge in [-0.3, -0.25) is 5.32 Å². The van der Waals surface area contributed by atoms with Gasteiger partial charge in [-0.15, -0.1) is 0 Å². The molecule has 0 aliphatic carbocycles. The van der Waals surface area contributed by atoms with Crippen LogP contribution in [0.25, 0.3) is 0 Å². The molecule has 1 atom stereocenters. The van der Waals surface area contributed by atoms with Gasteiger partial charge in [-0.25, -0.2) is 4.79 Å². The quantitative estimate of drug-likeness (QED) is 0.834. The van der Waals surface area contributed by atoms with E-state index in [1.807, 2.05) is 31.2 Å². The second kappa shape index (κ2) is 4.75. The number of benzene rings is 1. The summed E-state index contributed by atoms with van der Waals surface area (Å²) in [5.74, 6) is -0.0334. The Labute approximate surface area is 101 Å². The first kappa shape index (κ1) is 11.9. The molecule has 4 heteroatoms. The highest BCUT2D eigenvalue weighted by Gasteiger charge is 2.42. The summed E-state index contributed by atoms with van der Waals surface area (Å²) < 4.78 is 5.35. The number of hydrogen-bond acceptors (Lipinski definition) is 3. The number of rotatable bonds is 4. The molecule has 1 heterocycles. The SMILES string of the molecule is CCOc1ccc(C2(C(=O)O)CCCN2)cc1. The van der Waals surface area contributed by atoms with Crippen LogP contribution in [0.5, 0.6) is 5.75 Å². The first-order valence-electron chi connectivity index (χ1n) is 5.91. The van der Waals surface area contributed by atoms with Gasteiger partial charge in [-0.1, -0.05) is 12.1 Å². The van der Waals surface area contributed by atoms with E-state index in [9.17, 15) is 9.90 Å². The van der Waals surface area contributed by atoms with Crippen molar-refractivity contribution in [1.29, 1.82) is 0 Å². The molecule has 0 spiro atoms. The molecule has 1 aromatic carbocycles. The molecule has 4 nitrogen and oxygen atoms in total. The largest absolute Gasteiger partial charge is 0.494 e. The predicted octanol–water partition coefficient (Wildman–Crippen LogP) is 1.75. The third kappa shape index (κ3) is 2.13. The highest BCUT2D eigenvalue weighted by Crippen LogP contribution is 2.32. The van der Waals surface area contributed by atoms with Crippen LogP contribution >= 0.6 is 0 Å². The standard InChI is InChI=1S/C13H17NO3/c1-2-17-11-6-4-10(5-7-11)13(12(15)16)8-3-9-14-13/h4-7,14H,2-3,8-9H2,1H3,(H,15,16). The van der Waals surface area contributed by atoms with Crippen LogP contribution in [0, 0.1) is 0 Å². The lowest BCUT2D eigenvalue weighted by molar-refractivity contribution is -0.144. The summed E-state index contributed by atoms with van der Waals surface area (Å²) in [5.41, 5.74) is -0.115. The second-order valence-corrected chi connectivity index (χ2v) is 4.20. The van der Waals surface area contributed by atoms with Crippen LogP contribution in [0.2, 0.25) is 0 Å². The Morgan fingerprint density at radius 1 is 1.47 bits per heavy atom. The normalized spacial score (nSPS) is 23.6. The van der Waals surface area contributed by atoms with Crippen molar-refractivity contribution < 1.29 is 14.6 Å². The molecule has 1 saturated heterocycles. The van der Waals surface area contributed by atoms with Crippen molar-refractivity contribution in [1.82, 2.24) is 5.32 Å². The molecule has 92 valence electrons. The van der Waals surface area contributed by atoms with Crippen LogP contribution in [0.4, 0.5) is 0 Å². The minimum Gasteiger partial charge on any atom is -0.494 e. The van der Waals surface area contributed by atoms with Gasteiger partial charge < -0.3 is 9.84 Å². The van der Waals surface area contributed by atoms with Crippen molar-refractivity contribution in [2.75, 3.05) is 13.2 Å². The van der Waals surface area contributed by atoms with Gasteiger partial charge in [-0.05, 0) is 44.0 Å². The maximum Gasteiger partial charge on any atom is 0.328 e. The Morgan fingerprint density at radius 2 is 2.18 bits per heavy atom. The molecule has 2 rings (SSSR count). The van der Waals surface area contributed by atoms with Crippen LogP contribution in [-0.2, 0) is 10.3 Å². The Balaban J connectivity index is 2.28. The Kier molecular flexibility index (Phi) is 3.33. The molecule has 1 aliphatic rings. The van der Waals surface area contributed by atoms with E-state index in [1.165, 1.54) is 0 Å². The van der Waals surface area contributed by atoms with E-state index in [4.69, 9.17) is 4.74 Å². The predicted molar refractivity (Wildman–Crippen MR) is 64.2 cm³/mol. The van der Waals surface area contributed by atoms with Gasteiger partial charge in [0, 0.05) is 0 Å². The molecular formula is C13H17NO3. The van der Waals surface area contributed by atoms with Crippen molar-refractivity contribution >= 4 is 5.97 Å². The second-order valence-electron chi connectivity index (χ2n) is 4.20. The van der Waals surface area contributed by atoms with E-state index in [0.717, 1.165) is 24.3 Å². The van der Waals surface area contributed by atoms with Gasteiger partial charge in [-0.2, -0.15) is 0 Å². The lowest BCUT2D eigenvalue weighted by Crippen LogP contribution is -2.44. The number of hydrogen-bond donors (Lipinski definition) is 2. The number of aliphatic carboxylic acids is 1. The van der Waals surface area contributed by atoms with Crippen molar-refractivity contribution in [3.05, 3.63) is 29.8 Å². The first-order chi connectivity index (χ1) is 8.19. The molecule has 1 aliphatic heterocycles. The molecule has 1 fully saturated rings. The minimum absolute atomic E-state index is 0.613. The molecule has 0 radical (unpaired) electrons. The van der Waals surface area contributed by atoms with E-state index >= 15 is 0 Å². The zero-order valence-electron chi connectivity index (χ0n) is 9.90. The van der Waals surface area contributed by atoms with Crippen LogP contribution in [0.1, 0.15) is 25.3 Å².